The van der Waals surface area contributed by atoms with E-state index in [4.69, 9.17) is 0 Å². The van der Waals surface area contributed by atoms with Crippen molar-refractivity contribution >= 4 is 0 Å². The van der Waals surface area contributed by atoms with Gasteiger partial charge in [-0.25, -0.2) is 0 Å². The lowest BCUT2D eigenvalue weighted by Gasteiger charge is -2.09. The lowest BCUT2D eigenvalue weighted by atomic mass is 9.96. The Balaban J connectivity index is 2.20. The molecule has 0 aromatic rings. The molecule has 0 heterocycles. The van der Waals surface area contributed by atoms with Crippen molar-refractivity contribution in [3.05, 3.63) is 24.8 Å². The third-order valence-electron chi connectivity index (χ3n) is 2.72. The molecule has 0 aromatic carbocycles. The van der Waals surface area contributed by atoms with Crippen LogP contribution in [0.1, 0.15) is 44.9 Å². The van der Waals surface area contributed by atoms with Gasteiger partial charge in [0.1, 0.15) is 0 Å². The predicted octanol–water partition coefficient (Wildman–Crippen LogP) is 4.09. The Morgan fingerprint density at radius 3 is 2.33 bits per heavy atom. The van der Waals surface area contributed by atoms with Gasteiger partial charge >= 0.3 is 0 Å². The average Bonchev–Trinajstić information content (AvgIpc) is 2.33. The van der Waals surface area contributed by atoms with Crippen molar-refractivity contribution in [2.24, 2.45) is 5.92 Å². The summed E-state index contributed by atoms with van der Waals surface area (Å²) in [6.45, 7) is 3.68. The van der Waals surface area contributed by atoms with Crippen LogP contribution in [0.4, 0.5) is 0 Å². The van der Waals surface area contributed by atoms with Crippen LogP contribution in [-0.2, 0) is 0 Å². The predicted molar refractivity (Wildman–Crippen MR) is 55.1 cm³/mol. The maximum Gasteiger partial charge on any atom is -0.0319 e. The van der Waals surface area contributed by atoms with Crippen molar-refractivity contribution < 1.29 is 0 Å². The van der Waals surface area contributed by atoms with E-state index < -0.39 is 0 Å². The van der Waals surface area contributed by atoms with Gasteiger partial charge < -0.3 is 0 Å². The first-order chi connectivity index (χ1) is 5.93. The van der Waals surface area contributed by atoms with Crippen LogP contribution in [0.5, 0.6) is 0 Å². The lowest BCUT2D eigenvalue weighted by Crippen LogP contribution is -1.95. The Morgan fingerprint density at radius 2 is 1.75 bits per heavy atom. The first kappa shape index (κ1) is 9.57. The molecule has 0 bridgehead atoms. The van der Waals surface area contributed by atoms with Crippen molar-refractivity contribution in [1.29, 1.82) is 0 Å². The van der Waals surface area contributed by atoms with Gasteiger partial charge in [0.25, 0.3) is 0 Å². The van der Waals surface area contributed by atoms with Gasteiger partial charge in [0, 0.05) is 0 Å². The van der Waals surface area contributed by atoms with E-state index in [1.807, 2.05) is 6.08 Å². The van der Waals surface area contributed by atoms with Gasteiger partial charge in [-0.15, -0.1) is 0 Å². The van der Waals surface area contributed by atoms with Gasteiger partial charge in [0.2, 0.25) is 0 Å². The highest BCUT2D eigenvalue weighted by Gasteiger charge is 2.09. The molecule has 1 saturated carbocycles. The number of rotatable bonds is 3. The van der Waals surface area contributed by atoms with E-state index in [9.17, 15) is 0 Å². The smallest absolute Gasteiger partial charge is 0.0319 e. The Bertz CT molecular complexity index is 136. The maximum absolute atomic E-state index is 3.68. The van der Waals surface area contributed by atoms with Crippen LogP contribution in [-0.4, -0.2) is 0 Å². The summed E-state index contributed by atoms with van der Waals surface area (Å²) in [7, 11) is 0. The fraction of sp³-hybridized carbons (Fsp3) is 0.667. The molecule has 1 aliphatic carbocycles. The molecule has 0 atom stereocenters. The Morgan fingerprint density at radius 1 is 1.08 bits per heavy atom. The number of hydrogen-bond donors (Lipinski definition) is 0. The van der Waals surface area contributed by atoms with E-state index >= 15 is 0 Å². The zero-order chi connectivity index (χ0) is 8.65. The lowest BCUT2D eigenvalue weighted by molar-refractivity contribution is 0.466. The van der Waals surface area contributed by atoms with Crippen LogP contribution in [0.3, 0.4) is 0 Å². The van der Waals surface area contributed by atoms with Crippen molar-refractivity contribution in [2.45, 2.75) is 44.9 Å². The second-order valence-corrected chi connectivity index (χ2v) is 3.76. The molecule has 1 rings (SSSR count). The summed E-state index contributed by atoms with van der Waals surface area (Å²) in [6, 6.07) is 0. The standard InChI is InChI=1S/C12H20/c1-2-3-6-9-12-10-7-4-5-8-11-12/h2-3,6,12H,1,4-5,7-11H2/b6-3+. The highest BCUT2D eigenvalue weighted by molar-refractivity contribution is 4.97. The molecule has 68 valence electrons. The van der Waals surface area contributed by atoms with Crippen molar-refractivity contribution in [3.8, 4) is 0 Å². The van der Waals surface area contributed by atoms with E-state index in [-0.39, 0.29) is 0 Å². The van der Waals surface area contributed by atoms with E-state index in [2.05, 4.69) is 18.7 Å². The normalized spacial score (nSPS) is 21.0. The zero-order valence-corrected chi connectivity index (χ0v) is 7.97. The van der Waals surface area contributed by atoms with Crippen LogP contribution >= 0.6 is 0 Å². The van der Waals surface area contributed by atoms with Gasteiger partial charge in [0.05, 0.1) is 0 Å². The summed E-state index contributed by atoms with van der Waals surface area (Å²) in [5.74, 6) is 0.962. The number of allylic oxidation sites excluding steroid dienone is 3. The van der Waals surface area contributed by atoms with Crippen LogP contribution < -0.4 is 0 Å². The van der Waals surface area contributed by atoms with Gasteiger partial charge in [-0.2, -0.15) is 0 Å². The summed E-state index contributed by atoms with van der Waals surface area (Å²) in [5.41, 5.74) is 0. The molecule has 0 aromatic heterocycles. The second-order valence-electron chi connectivity index (χ2n) is 3.76. The highest BCUT2D eigenvalue weighted by Crippen LogP contribution is 2.25. The molecule has 1 aliphatic rings. The first-order valence-electron chi connectivity index (χ1n) is 5.21. The molecule has 0 heteroatoms. The average molecular weight is 164 g/mol. The minimum Gasteiger partial charge on any atom is -0.0991 e. The quantitative estimate of drug-likeness (QED) is 0.435. The summed E-state index contributed by atoms with van der Waals surface area (Å²) in [6.07, 6.45) is 16.2. The minimum atomic E-state index is 0.962. The first-order valence-corrected chi connectivity index (χ1v) is 5.21. The molecule has 0 unspecified atom stereocenters. The second kappa shape index (κ2) is 6.05. The van der Waals surface area contributed by atoms with Gasteiger partial charge in [-0.05, 0) is 12.3 Å². The van der Waals surface area contributed by atoms with Crippen molar-refractivity contribution in [3.63, 3.8) is 0 Å². The van der Waals surface area contributed by atoms with Crippen molar-refractivity contribution in [1.82, 2.24) is 0 Å². The fourth-order valence-corrected chi connectivity index (χ4v) is 1.97. The van der Waals surface area contributed by atoms with E-state index in [0.29, 0.717) is 0 Å². The molecule has 0 amide bonds. The molecule has 0 aliphatic heterocycles. The van der Waals surface area contributed by atoms with Crippen LogP contribution in [0.25, 0.3) is 0 Å². The molecule has 0 nitrogen and oxygen atoms in total. The van der Waals surface area contributed by atoms with E-state index in [1.165, 1.54) is 44.9 Å². The molecule has 0 N–H and O–H groups in total. The molecule has 0 radical (unpaired) electrons. The fourth-order valence-electron chi connectivity index (χ4n) is 1.97. The van der Waals surface area contributed by atoms with E-state index in [1.54, 1.807) is 0 Å². The maximum atomic E-state index is 3.68. The summed E-state index contributed by atoms with van der Waals surface area (Å²) in [5, 5.41) is 0. The molecular weight excluding hydrogens is 144 g/mol. The van der Waals surface area contributed by atoms with Crippen molar-refractivity contribution in [2.75, 3.05) is 0 Å². The molecule has 1 fully saturated rings. The molecular formula is C12H20. The van der Waals surface area contributed by atoms with Gasteiger partial charge in [-0.1, -0.05) is 63.3 Å². The summed E-state index contributed by atoms with van der Waals surface area (Å²) >= 11 is 0. The van der Waals surface area contributed by atoms with Crippen LogP contribution in [0.2, 0.25) is 0 Å². The molecule has 0 spiro atoms. The highest BCUT2D eigenvalue weighted by atomic mass is 14.1. The Hall–Kier alpha value is -0.520. The van der Waals surface area contributed by atoms with E-state index in [0.717, 1.165) is 5.92 Å². The van der Waals surface area contributed by atoms with Crippen LogP contribution in [0, 0.1) is 5.92 Å². The Kier molecular flexibility index (Phi) is 4.82. The topological polar surface area (TPSA) is 0 Å². The van der Waals surface area contributed by atoms with Gasteiger partial charge in [-0.3, -0.25) is 0 Å². The third kappa shape index (κ3) is 3.75. The summed E-state index contributed by atoms with van der Waals surface area (Å²) < 4.78 is 0. The molecule has 0 saturated heterocycles. The third-order valence-corrected chi connectivity index (χ3v) is 2.72. The summed E-state index contributed by atoms with van der Waals surface area (Å²) in [4.78, 5) is 0. The number of hydrogen-bond acceptors (Lipinski definition) is 0. The minimum absolute atomic E-state index is 0.962. The molecule has 12 heavy (non-hydrogen) atoms. The van der Waals surface area contributed by atoms with Crippen LogP contribution in [0.15, 0.2) is 24.8 Å². The zero-order valence-electron chi connectivity index (χ0n) is 7.97. The Labute approximate surface area is 76.4 Å². The monoisotopic (exact) mass is 164 g/mol. The SMILES string of the molecule is C=C/C=C/CC1CCCCCC1. The largest absolute Gasteiger partial charge is 0.0991 e. The van der Waals surface area contributed by atoms with Gasteiger partial charge in [0.15, 0.2) is 0 Å².